The lowest BCUT2D eigenvalue weighted by molar-refractivity contribution is 0.336. The molecule has 2 aliphatic rings. The van der Waals surface area contributed by atoms with Gasteiger partial charge in [-0.25, -0.2) is 0 Å². The zero-order chi connectivity index (χ0) is 13.4. The van der Waals surface area contributed by atoms with Crippen LogP contribution in [-0.4, -0.2) is 25.7 Å². The maximum Gasteiger partial charge on any atom is 0.238 e. The number of rotatable bonds is 4. The highest BCUT2D eigenvalue weighted by Crippen LogP contribution is 2.48. The molecule has 3 atom stereocenters. The van der Waals surface area contributed by atoms with Crippen molar-refractivity contribution in [3.05, 3.63) is 12.1 Å². The lowest BCUT2D eigenvalue weighted by Gasteiger charge is -2.28. The third-order valence-corrected chi connectivity index (χ3v) is 4.85. The molecule has 4 nitrogen and oxygen atoms in total. The van der Waals surface area contributed by atoms with Gasteiger partial charge in [0.2, 0.25) is 5.88 Å². The normalized spacial score (nSPS) is 28.6. The third-order valence-electron chi connectivity index (χ3n) is 4.85. The van der Waals surface area contributed by atoms with E-state index in [1.807, 2.05) is 12.1 Å². The number of hydrogen-bond donors (Lipinski definition) is 1. The summed E-state index contributed by atoms with van der Waals surface area (Å²) in [6, 6.07) is 3.85. The molecule has 0 aliphatic heterocycles. The van der Waals surface area contributed by atoms with E-state index in [0.29, 0.717) is 11.6 Å². The molecule has 0 amide bonds. The van der Waals surface area contributed by atoms with Crippen LogP contribution in [0.3, 0.4) is 0 Å². The standard InChI is InChI=1S/C15H23N3O/c1-18(9-12-8-10-3-4-11(12)7-10)14-6-5-13(16)15(17-14)19-2/h5-6,10-12H,3-4,7-9,16H2,1-2H3. The van der Waals surface area contributed by atoms with E-state index in [4.69, 9.17) is 10.5 Å². The maximum absolute atomic E-state index is 5.81. The highest BCUT2D eigenvalue weighted by molar-refractivity contribution is 5.54. The van der Waals surface area contributed by atoms with Crippen molar-refractivity contribution in [2.45, 2.75) is 25.7 Å². The molecule has 4 heteroatoms. The van der Waals surface area contributed by atoms with Crippen LogP contribution in [0.1, 0.15) is 25.7 Å². The van der Waals surface area contributed by atoms with Gasteiger partial charge in [0.05, 0.1) is 12.8 Å². The lowest BCUT2D eigenvalue weighted by Crippen LogP contribution is -2.29. The van der Waals surface area contributed by atoms with Crippen molar-refractivity contribution in [1.29, 1.82) is 0 Å². The summed E-state index contributed by atoms with van der Waals surface area (Å²) in [7, 11) is 3.72. The number of nitrogens with zero attached hydrogens (tertiary/aromatic N) is 2. The first kappa shape index (κ1) is 12.6. The van der Waals surface area contributed by atoms with Crippen LogP contribution in [0.4, 0.5) is 11.5 Å². The number of methoxy groups -OCH3 is 1. The fourth-order valence-corrected chi connectivity index (χ4v) is 3.86. The molecule has 19 heavy (non-hydrogen) atoms. The molecule has 1 aromatic heterocycles. The minimum Gasteiger partial charge on any atom is -0.479 e. The molecule has 2 fully saturated rings. The van der Waals surface area contributed by atoms with Crippen LogP contribution in [0.15, 0.2) is 12.1 Å². The van der Waals surface area contributed by atoms with Gasteiger partial charge in [-0.2, -0.15) is 4.98 Å². The van der Waals surface area contributed by atoms with Gasteiger partial charge in [-0.05, 0) is 49.1 Å². The van der Waals surface area contributed by atoms with Gasteiger partial charge in [-0.1, -0.05) is 6.42 Å². The monoisotopic (exact) mass is 261 g/mol. The van der Waals surface area contributed by atoms with Crippen LogP contribution in [0.5, 0.6) is 5.88 Å². The molecule has 1 aromatic rings. The SMILES string of the molecule is COc1nc(N(C)CC2CC3CCC2C3)ccc1N. The Labute approximate surface area is 115 Å². The van der Waals surface area contributed by atoms with Crippen LogP contribution < -0.4 is 15.4 Å². The van der Waals surface area contributed by atoms with Gasteiger partial charge in [0, 0.05) is 13.6 Å². The Hall–Kier alpha value is -1.45. The number of fused-ring (bicyclic) bond motifs is 2. The van der Waals surface area contributed by atoms with Crippen molar-refractivity contribution < 1.29 is 4.74 Å². The molecule has 2 N–H and O–H groups in total. The predicted molar refractivity (Wildman–Crippen MR) is 77.4 cm³/mol. The van der Waals surface area contributed by atoms with Gasteiger partial charge in [0.1, 0.15) is 5.82 Å². The summed E-state index contributed by atoms with van der Waals surface area (Å²) in [6.45, 7) is 1.10. The third kappa shape index (κ3) is 2.36. The molecule has 0 saturated heterocycles. The van der Waals surface area contributed by atoms with Crippen LogP contribution in [0.2, 0.25) is 0 Å². The smallest absolute Gasteiger partial charge is 0.238 e. The first-order valence-electron chi connectivity index (χ1n) is 7.19. The summed E-state index contributed by atoms with van der Waals surface area (Å²) < 4.78 is 5.19. The number of aromatic nitrogens is 1. The summed E-state index contributed by atoms with van der Waals surface area (Å²) >= 11 is 0. The molecule has 1 heterocycles. The van der Waals surface area contributed by atoms with E-state index in [1.165, 1.54) is 25.7 Å². The average molecular weight is 261 g/mol. The molecule has 0 radical (unpaired) electrons. The number of anilines is 2. The molecular weight excluding hydrogens is 238 g/mol. The fourth-order valence-electron chi connectivity index (χ4n) is 3.86. The predicted octanol–water partition coefficient (Wildman–Crippen LogP) is 2.54. The molecule has 0 spiro atoms. The largest absolute Gasteiger partial charge is 0.479 e. The summed E-state index contributed by atoms with van der Waals surface area (Å²) in [4.78, 5) is 6.72. The van der Waals surface area contributed by atoms with E-state index in [0.717, 1.165) is 30.1 Å². The van der Waals surface area contributed by atoms with Crippen molar-refractivity contribution in [1.82, 2.24) is 4.98 Å². The first-order valence-corrected chi connectivity index (χ1v) is 7.19. The van der Waals surface area contributed by atoms with E-state index < -0.39 is 0 Å². The number of nitrogens with two attached hydrogens (primary N) is 1. The molecule has 2 saturated carbocycles. The van der Waals surface area contributed by atoms with Crippen molar-refractivity contribution in [3.8, 4) is 5.88 Å². The highest BCUT2D eigenvalue weighted by atomic mass is 16.5. The van der Waals surface area contributed by atoms with E-state index in [1.54, 1.807) is 7.11 Å². The first-order chi connectivity index (χ1) is 9.17. The molecule has 3 rings (SSSR count). The molecule has 0 aromatic carbocycles. The molecule has 2 aliphatic carbocycles. The van der Waals surface area contributed by atoms with Crippen LogP contribution in [0.25, 0.3) is 0 Å². The molecular formula is C15H23N3O. The summed E-state index contributed by atoms with van der Waals surface area (Å²) in [5, 5.41) is 0. The molecule has 3 unspecified atom stereocenters. The summed E-state index contributed by atoms with van der Waals surface area (Å²) in [5.41, 5.74) is 6.40. The van der Waals surface area contributed by atoms with Crippen LogP contribution in [0, 0.1) is 17.8 Å². The average Bonchev–Trinajstić information content (AvgIpc) is 3.01. The minimum absolute atomic E-state index is 0.525. The number of pyridine rings is 1. The van der Waals surface area contributed by atoms with Gasteiger partial charge >= 0.3 is 0 Å². The zero-order valence-corrected chi connectivity index (χ0v) is 11.8. The Morgan fingerprint density at radius 1 is 1.37 bits per heavy atom. The quantitative estimate of drug-likeness (QED) is 0.905. The van der Waals surface area contributed by atoms with Gasteiger partial charge in [0.15, 0.2) is 0 Å². The molecule has 2 bridgehead atoms. The van der Waals surface area contributed by atoms with Crippen molar-refractivity contribution in [3.63, 3.8) is 0 Å². The Morgan fingerprint density at radius 2 is 2.21 bits per heavy atom. The van der Waals surface area contributed by atoms with Gasteiger partial charge in [0.25, 0.3) is 0 Å². The second kappa shape index (κ2) is 4.91. The number of hydrogen-bond acceptors (Lipinski definition) is 4. The lowest BCUT2D eigenvalue weighted by atomic mass is 9.88. The summed E-state index contributed by atoms with van der Waals surface area (Å²) in [6.07, 6.45) is 5.75. The van der Waals surface area contributed by atoms with Gasteiger partial charge < -0.3 is 15.4 Å². The topological polar surface area (TPSA) is 51.4 Å². The Morgan fingerprint density at radius 3 is 2.84 bits per heavy atom. The van der Waals surface area contributed by atoms with E-state index in [-0.39, 0.29) is 0 Å². The van der Waals surface area contributed by atoms with Crippen LogP contribution >= 0.6 is 0 Å². The van der Waals surface area contributed by atoms with E-state index in [9.17, 15) is 0 Å². The Balaban J connectivity index is 1.68. The van der Waals surface area contributed by atoms with E-state index in [2.05, 4.69) is 16.9 Å². The van der Waals surface area contributed by atoms with Crippen molar-refractivity contribution >= 4 is 11.5 Å². The number of nitrogen functional groups attached to an aromatic ring is 1. The van der Waals surface area contributed by atoms with Crippen LogP contribution in [-0.2, 0) is 0 Å². The zero-order valence-electron chi connectivity index (χ0n) is 11.8. The van der Waals surface area contributed by atoms with Crippen molar-refractivity contribution in [2.75, 3.05) is 31.3 Å². The second-order valence-corrected chi connectivity index (χ2v) is 6.08. The van der Waals surface area contributed by atoms with Gasteiger partial charge in [-0.15, -0.1) is 0 Å². The Kier molecular flexibility index (Phi) is 3.25. The van der Waals surface area contributed by atoms with Gasteiger partial charge in [-0.3, -0.25) is 0 Å². The molecule has 104 valence electrons. The second-order valence-electron chi connectivity index (χ2n) is 6.08. The van der Waals surface area contributed by atoms with E-state index >= 15 is 0 Å². The van der Waals surface area contributed by atoms with Crippen molar-refractivity contribution in [2.24, 2.45) is 17.8 Å². The Bertz CT molecular complexity index is 463. The minimum atomic E-state index is 0.525. The summed E-state index contributed by atoms with van der Waals surface area (Å²) in [5.74, 6) is 4.26. The number of ether oxygens (including phenoxy) is 1. The fraction of sp³-hybridized carbons (Fsp3) is 0.667. The highest BCUT2D eigenvalue weighted by Gasteiger charge is 2.39. The maximum atomic E-state index is 5.81.